The monoisotopic (exact) mass is 251 g/mol. The van der Waals surface area contributed by atoms with Crippen LogP contribution in [0.4, 0.5) is 5.69 Å². The molecule has 0 radical (unpaired) electrons. The van der Waals surface area contributed by atoms with E-state index in [0.717, 1.165) is 5.69 Å². The Balaban J connectivity index is 2.57. The first-order chi connectivity index (χ1) is 8.52. The molecular formula is C12H17N3O3. The first kappa shape index (κ1) is 14.0. The standard InChI is InChI=1S/C12H17N3O3/c1-8(5-11(16)17)7-15-9-3-4-14-10(6-9)12(18)13-2/h3-4,6,8H,5,7H2,1-2H3,(H,13,18)(H,14,15)(H,16,17). The van der Waals surface area contributed by atoms with E-state index in [1.165, 1.54) is 6.20 Å². The fourth-order valence-electron chi connectivity index (χ4n) is 1.46. The van der Waals surface area contributed by atoms with Crippen LogP contribution in [0.5, 0.6) is 0 Å². The molecule has 1 amide bonds. The number of carboxylic acid groups (broad SMARTS) is 1. The number of pyridine rings is 1. The second-order valence-corrected chi connectivity index (χ2v) is 4.09. The first-order valence-corrected chi connectivity index (χ1v) is 5.66. The average molecular weight is 251 g/mol. The number of nitrogens with zero attached hydrogens (tertiary/aromatic N) is 1. The summed E-state index contributed by atoms with van der Waals surface area (Å²) in [5.74, 6) is -1.05. The second kappa shape index (κ2) is 6.58. The molecule has 0 aliphatic heterocycles. The highest BCUT2D eigenvalue weighted by atomic mass is 16.4. The molecule has 0 aromatic carbocycles. The van der Waals surface area contributed by atoms with Gasteiger partial charge in [-0.15, -0.1) is 0 Å². The molecule has 0 fully saturated rings. The lowest BCUT2D eigenvalue weighted by Gasteiger charge is -2.11. The van der Waals surface area contributed by atoms with Crippen molar-refractivity contribution in [3.8, 4) is 0 Å². The van der Waals surface area contributed by atoms with Crippen LogP contribution in [-0.2, 0) is 4.79 Å². The first-order valence-electron chi connectivity index (χ1n) is 5.66. The lowest BCUT2D eigenvalue weighted by molar-refractivity contribution is -0.137. The number of rotatable bonds is 6. The molecule has 0 aliphatic carbocycles. The van der Waals surface area contributed by atoms with Crippen LogP contribution in [0.2, 0.25) is 0 Å². The van der Waals surface area contributed by atoms with Crippen molar-refractivity contribution in [3.05, 3.63) is 24.0 Å². The summed E-state index contributed by atoms with van der Waals surface area (Å²) >= 11 is 0. The summed E-state index contributed by atoms with van der Waals surface area (Å²) in [6.07, 6.45) is 1.65. The largest absolute Gasteiger partial charge is 0.481 e. The smallest absolute Gasteiger partial charge is 0.303 e. The predicted molar refractivity (Wildman–Crippen MR) is 67.5 cm³/mol. The molecule has 1 aromatic rings. The van der Waals surface area contributed by atoms with Gasteiger partial charge in [0, 0.05) is 31.9 Å². The van der Waals surface area contributed by atoms with E-state index < -0.39 is 5.97 Å². The van der Waals surface area contributed by atoms with Gasteiger partial charge in [0.15, 0.2) is 0 Å². The number of anilines is 1. The minimum atomic E-state index is -0.815. The molecule has 1 aromatic heterocycles. The number of carbonyl (C=O) groups is 2. The average Bonchev–Trinajstić information content (AvgIpc) is 2.35. The molecule has 1 heterocycles. The molecule has 0 bridgehead atoms. The minimum Gasteiger partial charge on any atom is -0.481 e. The van der Waals surface area contributed by atoms with Crippen molar-refractivity contribution in [2.45, 2.75) is 13.3 Å². The molecule has 0 saturated heterocycles. The van der Waals surface area contributed by atoms with E-state index in [1.807, 2.05) is 6.92 Å². The zero-order chi connectivity index (χ0) is 13.5. The summed E-state index contributed by atoms with van der Waals surface area (Å²) in [7, 11) is 1.54. The van der Waals surface area contributed by atoms with E-state index in [4.69, 9.17) is 5.11 Å². The third-order valence-electron chi connectivity index (χ3n) is 2.40. The Labute approximate surface area is 105 Å². The summed E-state index contributed by atoms with van der Waals surface area (Å²) in [6.45, 7) is 2.38. The molecular weight excluding hydrogens is 234 g/mol. The second-order valence-electron chi connectivity index (χ2n) is 4.09. The van der Waals surface area contributed by atoms with Gasteiger partial charge in [-0.3, -0.25) is 14.6 Å². The SMILES string of the molecule is CNC(=O)c1cc(NCC(C)CC(=O)O)ccn1. The Hall–Kier alpha value is -2.11. The van der Waals surface area contributed by atoms with Crippen molar-refractivity contribution in [1.29, 1.82) is 0 Å². The van der Waals surface area contributed by atoms with Gasteiger partial charge < -0.3 is 15.7 Å². The summed E-state index contributed by atoms with van der Waals surface area (Å²) < 4.78 is 0. The number of amides is 1. The van der Waals surface area contributed by atoms with Crippen LogP contribution in [0.1, 0.15) is 23.8 Å². The number of aromatic nitrogens is 1. The highest BCUT2D eigenvalue weighted by molar-refractivity contribution is 5.92. The Bertz CT molecular complexity index is 434. The van der Waals surface area contributed by atoms with Crippen molar-refractivity contribution in [3.63, 3.8) is 0 Å². The lowest BCUT2D eigenvalue weighted by Crippen LogP contribution is -2.20. The quantitative estimate of drug-likeness (QED) is 0.700. The van der Waals surface area contributed by atoms with Crippen LogP contribution in [0.15, 0.2) is 18.3 Å². The fraction of sp³-hybridized carbons (Fsp3) is 0.417. The normalized spacial score (nSPS) is 11.7. The van der Waals surface area contributed by atoms with Crippen LogP contribution in [0, 0.1) is 5.92 Å². The molecule has 98 valence electrons. The topological polar surface area (TPSA) is 91.3 Å². The summed E-state index contributed by atoms with van der Waals surface area (Å²) in [5.41, 5.74) is 1.08. The Kier molecular flexibility index (Phi) is 5.10. The maximum Gasteiger partial charge on any atom is 0.303 e. The van der Waals surface area contributed by atoms with E-state index in [-0.39, 0.29) is 18.2 Å². The van der Waals surface area contributed by atoms with Crippen molar-refractivity contribution in [1.82, 2.24) is 10.3 Å². The molecule has 6 nitrogen and oxygen atoms in total. The molecule has 0 saturated carbocycles. The van der Waals surface area contributed by atoms with Gasteiger partial charge in [-0.1, -0.05) is 6.92 Å². The van der Waals surface area contributed by atoms with Crippen molar-refractivity contribution >= 4 is 17.6 Å². The molecule has 0 spiro atoms. The van der Waals surface area contributed by atoms with Gasteiger partial charge in [0.05, 0.1) is 0 Å². The third-order valence-corrected chi connectivity index (χ3v) is 2.40. The van der Waals surface area contributed by atoms with Crippen LogP contribution >= 0.6 is 0 Å². The highest BCUT2D eigenvalue weighted by Gasteiger charge is 2.08. The summed E-state index contributed by atoms with van der Waals surface area (Å²) in [4.78, 5) is 25.8. The molecule has 0 aliphatic rings. The van der Waals surface area contributed by atoms with Crippen molar-refractivity contribution < 1.29 is 14.7 Å². The van der Waals surface area contributed by atoms with Gasteiger partial charge in [0.2, 0.25) is 0 Å². The zero-order valence-electron chi connectivity index (χ0n) is 10.4. The molecule has 1 unspecified atom stereocenters. The molecule has 18 heavy (non-hydrogen) atoms. The maximum atomic E-state index is 11.4. The van der Waals surface area contributed by atoms with Crippen LogP contribution in [-0.4, -0.2) is 35.6 Å². The van der Waals surface area contributed by atoms with Crippen molar-refractivity contribution in [2.75, 3.05) is 18.9 Å². The van der Waals surface area contributed by atoms with Crippen LogP contribution < -0.4 is 10.6 Å². The fourth-order valence-corrected chi connectivity index (χ4v) is 1.46. The van der Waals surface area contributed by atoms with E-state index in [1.54, 1.807) is 19.2 Å². The van der Waals surface area contributed by atoms with Gasteiger partial charge >= 0.3 is 5.97 Å². The van der Waals surface area contributed by atoms with Gasteiger partial charge in [-0.2, -0.15) is 0 Å². The minimum absolute atomic E-state index is 0.0131. The van der Waals surface area contributed by atoms with E-state index in [0.29, 0.717) is 12.2 Å². The van der Waals surface area contributed by atoms with E-state index in [2.05, 4.69) is 15.6 Å². The maximum absolute atomic E-state index is 11.4. The van der Waals surface area contributed by atoms with Gasteiger partial charge in [0.25, 0.3) is 5.91 Å². The zero-order valence-corrected chi connectivity index (χ0v) is 10.4. The number of hydrogen-bond donors (Lipinski definition) is 3. The number of aliphatic carboxylic acids is 1. The Morgan fingerprint density at radius 1 is 1.50 bits per heavy atom. The van der Waals surface area contributed by atoms with Gasteiger partial charge in [-0.25, -0.2) is 0 Å². The summed E-state index contributed by atoms with van der Waals surface area (Å²) in [6, 6.07) is 3.37. The van der Waals surface area contributed by atoms with Gasteiger partial charge in [-0.05, 0) is 18.1 Å². The number of hydrogen-bond acceptors (Lipinski definition) is 4. The molecule has 1 atom stereocenters. The number of carboxylic acids is 1. The number of carbonyl (C=O) groups excluding carboxylic acids is 1. The summed E-state index contributed by atoms with van der Waals surface area (Å²) in [5, 5.41) is 14.2. The molecule has 1 rings (SSSR count). The molecule has 3 N–H and O–H groups in total. The lowest BCUT2D eigenvalue weighted by atomic mass is 10.1. The van der Waals surface area contributed by atoms with Gasteiger partial charge in [0.1, 0.15) is 5.69 Å². The van der Waals surface area contributed by atoms with E-state index >= 15 is 0 Å². The number of nitrogens with one attached hydrogen (secondary N) is 2. The van der Waals surface area contributed by atoms with Crippen molar-refractivity contribution in [2.24, 2.45) is 5.92 Å². The van der Waals surface area contributed by atoms with Crippen LogP contribution in [0.25, 0.3) is 0 Å². The van der Waals surface area contributed by atoms with E-state index in [9.17, 15) is 9.59 Å². The Morgan fingerprint density at radius 3 is 2.83 bits per heavy atom. The Morgan fingerprint density at radius 2 is 2.22 bits per heavy atom. The molecule has 6 heteroatoms. The predicted octanol–water partition coefficient (Wildman–Crippen LogP) is 0.964. The third kappa shape index (κ3) is 4.40. The highest BCUT2D eigenvalue weighted by Crippen LogP contribution is 2.10. The van der Waals surface area contributed by atoms with Crippen LogP contribution in [0.3, 0.4) is 0 Å².